The fraction of sp³-hybridized carbons (Fsp3) is 0.714. The summed E-state index contributed by atoms with van der Waals surface area (Å²) in [5, 5.41) is 0. The fourth-order valence-corrected chi connectivity index (χ4v) is 1.45. The van der Waals surface area contributed by atoms with Gasteiger partial charge in [0.1, 0.15) is 0 Å². The summed E-state index contributed by atoms with van der Waals surface area (Å²) in [7, 11) is 0. The smallest absolute Gasteiger partial charge is 0.309 e. The molecule has 0 amide bonds. The molecule has 0 aromatic heterocycles. The van der Waals surface area contributed by atoms with E-state index in [9.17, 15) is 9.59 Å². The lowest BCUT2D eigenvalue weighted by molar-refractivity contribution is -0.197. The van der Waals surface area contributed by atoms with E-state index in [1.165, 1.54) is 0 Å². The first-order chi connectivity index (χ1) is 5.20. The van der Waals surface area contributed by atoms with Crippen molar-refractivity contribution in [2.75, 3.05) is 0 Å². The van der Waals surface area contributed by atoms with Crippen LogP contribution in [0.25, 0.3) is 0 Å². The highest BCUT2D eigenvalue weighted by molar-refractivity contribution is 5.76. The number of esters is 2. The molecule has 60 valence electrons. The largest absolute Gasteiger partial charge is 0.422 e. The fourth-order valence-electron chi connectivity index (χ4n) is 1.45. The number of hydrogen-bond acceptors (Lipinski definition) is 4. The number of ether oxygens (including phenoxy) is 2. The van der Waals surface area contributed by atoms with Crippen LogP contribution in [0.15, 0.2) is 0 Å². The minimum Gasteiger partial charge on any atom is -0.422 e. The van der Waals surface area contributed by atoms with Crippen molar-refractivity contribution in [1.82, 2.24) is 0 Å². The number of rotatable bonds is 0. The molecule has 4 heteroatoms. The van der Waals surface area contributed by atoms with E-state index in [1.807, 2.05) is 0 Å². The van der Waals surface area contributed by atoms with Crippen molar-refractivity contribution in [3.63, 3.8) is 0 Å². The van der Waals surface area contributed by atoms with Gasteiger partial charge in [-0.1, -0.05) is 0 Å². The first-order valence-electron chi connectivity index (χ1n) is 3.64. The van der Waals surface area contributed by atoms with Crippen molar-refractivity contribution in [1.29, 1.82) is 0 Å². The Labute approximate surface area is 63.5 Å². The molecule has 0 bridgehead atoms. The molecule has 0 radical (unpaired) electrons. The zero-order valence-corrected chi connectivity index (χ0v) is 5.96. The average Bonchev–Trinajstić information content (AvgIpc) is 2.44. The van der Waals surface area contributed by atoms with Gasteiger partial charge in [0.25, 0.3) is 5.79 Å². The van der Waals surface area contributed by atoms with E-state index < -0.39 is 5.79 Å². The Hall–Kier alpha value is -1.06. The monoisotopic (exact) mass is 156 g/mol. The molecule has 0 aromatic carbocycles. The van der Waals surface area contributed by atoms with Gasteiger partial charge in [-0.3, -0.25) is 9.59 Å². The van der Waals surface area contributed by atoms with E-state index in [0.717, 1.165) is 0 Å². The van der Waals surface area contributed by atoms with Crippen LogP contribution in [0.3, 0.4) is 0 Å². The Morgan fingerprint density at radius 3 is 1.73 bits per heavy atom. The maximum absolute atomic E-state index is 10.7. The van der Waals surface area contributed by atoms with Gasteiger partial charge in [0, 0.05) is 12.8 Å². The summed E-state index contributed by atoms with van der Waals surface area (Å²) in [6.07, 6.45) is 1.79. The summed E-state index contributed by atoms with van der Waals surface area (Å²) < 4.78 is 9.80. The second-order valence-electron chi connectivity index (χ2n) is 2.86. The summed E-state index contributed by atoms with van der Waals surface area (Å²) >= 11 is 0. The maximum atomic E-state index is 10.7. The van der Waals surface area contributed by atoms with Gasteiger partial charge in [-0.05, 0) is 0 Å². The van der Waals surface area contributed by atoms with Crippen LogP contribution >= 0.6 is 0 Å². The number of hydrogen-bond donors (Lipinski definition) is 0. The standard InChI is InChI=1S/C7H8O4/c8-5-1-3-7(10-5)4-2-6(9)11-7/h1-4H2. The Kier molecular flexibility index (Phi) is 1.19. The Balaban J connectivity index is 2.13. The van der Waals surface area contributed by atoms with Crippen LogP contribution in [-0.4, -0.2) is 17.7 Å². The van der Waals surface area contributed by atoms with Crippen LogP contribution in [0.2, 0.25) is 0 Å². The molecule has 2 heterocycles. The van der Waals surface area contributed by atoms with E-state index in [0.29, 0.717) is 25.7 Å². The highest BCUT2D eigenvalue weighted by Gasteiger charge is 2.48. The van der Waals surface area contributed by atoms with Crippen molar-refractivity contribution in [2.45, 2.75) is 31.5 Å². The molecule has 0 atom stereocenters. The number of carbonyl (C=O) groups is 2. The predicted molar refractivity (Wildman–Crippen MR) is 33.4 cm³/mol. The second kappa shape index (κ2) is 1.96. The highest BCUT2D eigenvalue weighted by atomic mass is 16.7. The lowest BCUT2D eigenvalue weighted by Gasteiger charge is -2.18. The summed E-state index contributed by atoms with van der Waals surface area (Å²) in [6, 6.07) is 0. The summed E-state index contributed by atoms with van der Waals surface area (Å²) in [4.78, 5) is 21.4. The molecular formula is C7H8O4. The SMILES string of the molecule is O=C1CCC2(CCC(=O)O2)O1. The first kappa shape index (κ1) is 6.64. The summed E-state index contributed by atoms with van der Waals surface area (Å²) in [6.45, 7) is 0. The van der Waals surface area contributed by atoms with Gasteiger partial charge in [-0.15, -0.1) is 0 Å². The van der Waals surface area contributed by atoms with E-state index in [-0.39, 0.29) is 11.9 Å². The first-order valence-corrected chi connectivity index (χ1v) is 3.64. The van der Waals surface area contributed by atoms with Crippen LogP contribution in [-0.2, 0) is 19.1 Å². The highest BCUT2D eigenvalue weighted by Crippen LogP contribution is 2.37. The van der Waals surface area contributed by atoms with Gasteiger partial charge in [0.05, 0.1) is 12.8 Å². The van der Waals surface area contributed by atoms with E-state index in [2.05, 4.69) is 0 Å². The molecule has 0 saturated carbocycles. The summed E-state index contributed by atoms with van der Waals surface area (Å²) in [5.74, 6) is -1.40. The summed E-state index contributed by atoms with van der Waals surface area (Å²) in [5.41, 5.74) is 0. The van der Waals surface area contributed by atoms with Crippen LogP contribution in [0.4, 0.5) is 0 Å². The Morgan fingerprint density at radius 1 is 1.00 bits per heavy atom. The van der Waals surface area contributed by atoms with Crippen molar-refractivity contribution >= 4 is 11.9 Å². The molecule has 11 heavy (non-hydrogen) atoms. The van der Waals surface area contributed by atoms with Gasteiger partial charge in [-0.2, -0.15) is 0 Å². The van der Waals surface area contributed by atoms with Crippen molar-refractivity contribution < 1.29 is 19.1 Å². The van der Waals surface area contributed by atoms with Gasteiger partial charge in [-0.25, -0.2) is 0 Å². The quantitative estimate of drug-likeness (QED) is 0.475. The zero-order chi connectivity index (χ0) is 7.90. The molecule has 2 aliphatic rings. The molecule has 4 nitrogen and oxygen atoms in total. The molecular weight excluding hydrogens is 148 g/mol. The maximum Gasteiger partial charge on any atom is 0.309 e. The molecule has 2 fully saturated rings. The van der Waals surface area contributed by atoms with Gasteiger partial charge >= 0.3 is 11.9 Å². The van der Waals surface area contributed by atoms with Gasteiger partial charge in [0.2, 0.25) is 0 Å². The van der Waals surface area contributed by atoms with E-state index in [4.69, 9.17) is 9.47 Å². The Bertz CT molecular complexity index is 196. The molecule has 0 aromatic rings. The third-order valence-corrected chi connectivity index (χ3v) is 2.02. The lowest BCUT2D eigenvalue weighted by atomic mass is 10.1. The minimum atomic E-state index is -0.867. The average molecular weight is 156 g/mol. The lowest BCUT2D eigenvalue weighted by Crippen LogP contribution is -2.27. The zero-order valence-electron chi connectivity index (χ0n) is 5.96. The molecule has 2 saturated heterocycles. The van der Waals surface area contributed by atoms with E-state index in [1.54, 1.807) is 0 Å². The topological polar surface area (TPSA) is 52.6 Å². The molecule has 0 N–H and O–H groups in total. The van der Waals surface area contributed by atoms with Crippen LogP contribution in [0.5, 0.6) is 0 Å². The normalized spacial score (nSPS) is 27.3. The second-order valence-corrected chi connectivity index (χ2v) is 2.86. The van der Waals surface area contributed by atoms with Gasteiger partial charge in [0.15, 0.2) is 0 Å². The van der Waals surface area contributed by atoms with Crippen molar-refractivity contribution in [3.8, 4) is 0 Å². The van der Waals surface area contributed by atoms with Crippen molar-refractivity contribution in [2.24, 2.45) is 0 Å². The molecule has 1 spiro atoms. The van der Waals surface area contributed by atoms with E-state index >= 15 is 0 Å². The van der Waals surface area contributed by atoms with Crippen LogP contribution in [0, 0.1) is 0 Å². The Morgan fingerprint density at radius 2 is 1.45 bits per heavy atom. The molecule has 0 unspecified atom stereocenters. The van der Waals surface area contributed by atoms with Crippen LogP contribution < -0.4 is 0 Å². The number of carbonyl (C=O) groups excluding carboxylic acids is 2. The third-order valence-electron chi connectivity index (χ3n) is 2.02. The predicted octanol–water partition coefficient (Wildman–Crippen LogP) is 0.357. The van der Waals surface area contributed by atoms with Crippen LogP contribution in [0.1, 0.15) is 25.7 Å². The van der Waals surface area contributed by atoms with Crippen molar-refractivity contribution in [3.05, 3.63) is 0 Å². The third kappa shape index (κ3) is 0.982. The molecule has 0 aliphatic carbocycles. The van der Waals surface area contributed by atoms with Gasteiger partial charge < -0.3 is 9.47 Å². The minimum absolute atomic E-state index is 0.264. The molecule has 2 aliphatic heterocycles. The molecule has 2 rings (SSSR count).